The van der Waals surface area contributed by atoms with Gasteiger partial charge in [0.15, 0.2) is 0 Å². The Morgan fingerprint density at radius 1 is 0.615 bits per heavy atom. The summed E-state index contributed by atoms with van der Waals surface area (Å²) in [5.41, 5.74) is 11.6. The molecule has 1 unspecified atom stereocenters. The number of rotatable bonds is 9. The van der Waals surface area contributed by atoms with Crippen LogP contribution >= 0.6 is 0 Å². The van der Waals surface area contributed by atoms with Crippen molar-refractivity contribution in [2.45, 2.75) is 39.2 Å². The molecule has 3 nitrogen and oxygen atoms in total. The van der Waals surface area contributed by atoms with Crippen molar-refractivity contribution in [2.75, 3.05) is 0 Å². The average molecular weight is 674 g/mol. The van der Waals surface area contributed by atoms with Gasteiger partial charge in [-0.2, -0.15) is 0 Å². The number of benzene rings is 7. The molecule has 9 rings (SSSR count). The van der Waals surface area contributed by atoms with Crippen LogP contribution in [0.2, 0.25) is 0 Å². The van der Waals surface area contributed by atoms with Crippen LogP contribution in [0.15, 0.2) is 171 Å². The Balaban J connectivity index is 1.22. The number of aliphatic imine (C=N–C) groups is 1. The zero-order chi connectivity index (χ0) is 35.0. The van der Waals surface area contributed by atoms with Gasteiger partial charge in [0.1, 0.15) is 22.3 Å². The molecule has 0 spiro atoms. The number of hydrogen-bond acceptors (Lipinski definition) is 3. The molecular weight excluding hydrogens is 635 g/mol. The first kappa shape index (κ1) is 31.8. The number of fused-ring (bicyclic) bond motifs is 7. The van der Waals surface area contributed by atoms with E-state index in [0.29, 0.717) is 6.42 Å². The summed E-state index contributed by atoms with van der Waals surface area (Å²) >= 11 is 0. The first-order chi connectivity index (χ1) is 25.6. The van der Waals surface area contributed by atoms with Crippen LogP contribution in [0, 0.1) is 0 Å². The van der Waals surface area contributed by atoms with Crippen molar-refractivity contribution in [1.29, 1.82) is 0 Å². The van der Waals surface area contributed by atoms with Gasteiger partial charge >= 0.3 is 0 Å². The summed E-state index contributed by atoms with van der Waals surface area (Å²) in [6.07, 6.45) is 4.87. The van der Waals surface area contributed by atoms with Crippen molar-refractivity contribution < 1.29 is 8.83 Å². The molecule has 0 amide bonds. The van der Waals surface area contributed by atoms with Gasteiger partial charge in [0.25, 0.3) is 0 Å². The molecule has 2 heterocycles. The molecule has 2 aromatic heterocycles. The van der Waals surface area contributed by atoms with E-state index in [4.69, 9.17) is 13.8 Å². The van der Waals surface area contributed by atoms with Crippen molar-refractivity contribution >= 4 is 66.4 Å². The third kappa shape index (κ3) is 5.88. The van der Waals surface area contributed by atoms with E-state index in [0.717, 1.165) is 79.1 Å². The van der Waals surface area contributed by atoms with Crippen LogP contribution in [0.5, 0.6) is 0 Å². The third-order valence-electron chi connectivity index (χ3n) is 10.2. The average Bonchev–Trinajstić information content (AvgIpc) is 3.76. The summed E-state index contributed by atoms with van der Waals surface area (Å²) in [5.74, 6) is 0. The Labute approximate surface area is 303 Å². The van der Waals surface area contributed by atoms with Gasteiger partial charge in [0.2, 0.25) is 0 Å². The van der Waals surface area contributed by atoms with Crippen LogP contribution in [0.3, 0.4) is 0 Å². The molecule has 0 fully saturated rings. The van der Waals surface area contributed by atoms with Crippen molar-refractivity contribution in [3.8, 4) is 11.1 Å². The molecule has 1 atom stereocenters. The molecule has 0 aliphatic carbocycles. The minimum Gasteiger partial charge on any atom is -0.456 e. The minimum absolute atomic E-state index is 0.0785. The van der Waals surface area contributed by atoms with Gasteiger partial charge in [-0.3, -0.25) is 4.99 Å². The maximum Gasteiger partial charge on any atom is 0.142 e. The fourth-order valence-corrected chi connectivity index (χ4v) is 7.75. The SMILES string of the molecule is CCCC(/N=C(\C/C(C)=C\c1cccc2c1oc1ccccc12)c1ccc2ccccc2c1)c1cc(-c2ccccc2)cc2oc3ccccc3c12. The lowest BCUT2D eigenvalue weighted by atomic mass is 9.92. The number of furan rings is 2. The highest BCUT2D eigenvalue weighted by Crippen LogP contribution is 2.41. The maximum absolute atomic E-state index is 6.54. The normalized spacial score (nSPS) is 13.2. The molecule has 9 aromatic rings. The van der Waals surface area contributed by atoms with Crippen LogP contribution < -0.4 is 0 Å². The summed E-state index contributed by atoms with van der Waals surface area (Å²) in [6.45, 7) is 4.47. The first-order valence-electron chi connectivity index (χ1n) is 18.3. The van der Waals surface area contributed by atoms with E-state index in [-0.39, 0.29) is 6.04 Å². The van der Waals surface area contributed by atoms with Crippen LogP contribution in [-0.4, -0.2) is 5.71 Å². The zero-order valence-electron chi connectivity index (χ0n) is 29.5. The van der Waals surface area contributed by atoms with E-state index < -0.39 is 0 Å². The molecule has 0 saturated heterocycles. The van der Waals surface area contributed by atoms with E-state index in [1.807, 2.05) is 18.2 Å². The molecule has 0 saturated carbocycles. The van der Waals surface area contributed by atoms with Crippen LogP contribution in [0.25, 0.3) is 71.9 Å². The fraction of sp³-hybridized carbons (Fsp3) is 0.122. The Bertz CT molecular complexity index is 2800. The summed E-state index contributed by atoms with van der Waals surface area (Å²) < 4.78 is 13.0. The zero-order valence-corrected chi connectivity index (χ0v) is 29.5. The van der Waals surface area contributed by atoms with E-state index in [1.165, 1.54) is 27.5 Å². The second kappa shape index (κ2) is 13.5. The lowest BCUT2D eigenvalue weighted by molar-refractivity contribution is 0.641. The number of nitrogens with zero attached hydrogens (tertiary/aromatic N) is 1. The molecule has 0 N–H and O–H groups in total. The van der Waals surface area contributed by atoms with Crippen molar-refractivity contribution in [2.24, 2.45) is 4.99 Å². The number of allylic oxidation sites excluding steroid dienone is 1. The largest absolute Gasteiger partial charge is 0.456 e. The van der Waals surface area contributed by atoms with Crippen molar-refractivity contribution in [1.82, 2.24) is 0 Å². The predicted octanol–water partition coefficient (Wildman–Crippen LogP) is 14.1. The molecule has 3 heteroatoms. The third-order valence-corrected chi connectivity index (χ3v) is 10.2. The summed E-state index contributed by atoms with van der Waals surface area (Å²) in [7, 11) is 0. The molecular formula is C49H39NO2. The van der Waals surface area contributed by atoms with Gasteiger partial charge in [-0.05, 0) is 76.7 Å². The maximum atomic E-state index is 6.54. The van der Waals surface area contributed by atoms with E-state index in [9.17, 15) is 0 Å². The summed E-state index contributed by atoms with van der Waals surface area (Å²) in [5, 5.41) is 6.99. The highest BCUT2D eigenvalue weighted by molar-refractivity contribution is 6.10. The Morgan fingerprint density at radius 2 is 1.33 bits per heavy atom. The van der Waals surface area contributed by atoms with E-state index in [2.05, 4.69) is 153 Å². The van der Waals surface area contributed by atoms with E-state index >= 15 is 0 Å². The molecule has 0 aliphatic heterocycles. The number of hydrogen-bond donors (Lipinski definition) is 0. The topological polar surface area (TPSA) is 38.6 Å². The van der Waals surface area contributed by atoms with Gasteiger partial charge < -0.3 is 8.83 Å². The Hall–Kier alpha value is -6.19. The molecule has 0 bridgehead atoms. The smallest absolute Gasteiger partial charge is 0.142 e. The van der Waals surface area contributed by atoms with Gasteiger partial charge in [-0.15, -0.1) is 0 Å². The lowest BCUT2D eigenvalue weighted by Crippen LogP contribution is -2.07. The minimum atomic E-state index is -0.0785. The highest BCUT2D eigenvalue weighted by Gasteiger charge is 2.21. The first-order valence-corrected chi connectivity index (χ1v) is 18.3. The molecule has 52 heavy (non-hydrogen) atoms. The molecule has 0 radical (unpaired) electrons. The lowest BCUT2D eigenvalue weighted by Gasteiger charge is -2.19. The summed E-state index contributed by atoms with van der Waals surface area (Å²) in [4.78, 5) is 5.77. The monoisotopic (exact) mass is 673 g/mol. The van der Waals surface area contributed by atoms with Crippen LogP contribution in [-0.2, 0) is 0 Å². The van der Waals surface area contributed by atoms with Gasteiger partial charge in [0.05, 0.1) is 6.04 Å². The van der Waals surface area contributed by atoms with Crippen molar-refractivity contribution in [3.63, 3.8) is 0 Å². The number of para-hydroxylation sites is 3. The molecule has 7 aromatic carbocycles. The van der Waals surface area contributed by atoms with E-state index in [1.54, 1.807) is 0 Å². The molecule has 252 valence electrons. The summed E-state index contributed by atoms with van der Waals surface area (Å²) in [6, 6.07) is 53.5. The van der Waals surface area contributed by atoms with Gasteiger partial charge in [0, 0.05) is 39.2 Å². The van der Waals surface area contributed by atoms with Crippen LogP contribution in [0.1, 0.15) is 55.8 Å². The Kier molecular flexibility index (Phi) is 8.25. The molecule has 0 aliphatic rings. The quantitative estimate of drug-likeness (QED) is 0.143. The second-order valence-corrected chi connectivity index (χ2v) is 13.8. The second-order valence-electron chi connectivity index (χ2n) is 13.8. The van der Waals surface area contributed by atoms with Crippen LogP contribution in [0.4, 0.5) is 0 Å². The predicted molar refractivity (Wildman–Crippen MR) is 219 cm³/mol. The van der Waals surface area contributed by atoms with Gasteiger partial charge in [-0.25, -0.2) is 0 Å². The van der Waals surface area contributed by atoms with Crippen molar-refractivity contribution in [3.05, 3.63) is 174 Å². The van der Waals surface area contributed by atoms with Gasteiger partial charge in [-0.1, -0.05) is 146 Å². The Morgan fingerprint density at radius 3 is 2.15 bits per heavy atom. The highest BCUT2D eigenvalue weighted by atomic mass is 16.3. The standard InChI is InChI=1S/C49H39NO2/c1-3-14-43(42-30-38(33-15-5-4-6-16-33)31-47-48(42)41-21-10-12-24-46(41)51-47)50-44(36-26-25-34-17-7-8-18-35(34)29-36)28-32(2)27-37-19-13-22-40-39-20-9-11-23-45(39)52-49(37)40/h4-13,15-27,29-31,43H,3,14,28H2,1-2H3/b32-27-,50-44+. The fourth-order valence-electron chi connectivity index (χ4n) is 7.75.